The lowest BCUT2D eigenvalue weighted by Crippen LogP contribution is -2.37. The molecule has 0 aromatic carbocycles. The molecule has 2 atom stereocenters. The van der Waals surface area contributed by atoms with Crippen molar-refractivity contribution in [2.45, 2.75) is 200 Å². The van der Waals surface area contributed by atoms with Crippen molar-refractivity contribution in [3.05, 3.63) is 0 Å². The molecule has 0 amide bonds. The SMILES string of the molecule is CCCCCCCCCCCCCCCCCCCC(=O)OC[C@H](COP(=O)(O)OCC[N+](C)(C)C)OC(=O)CCCCCCCCCCC. The molecule has 0 bridgehead atoms. The van der Waals surface area contributed by atoms with Crippen LogP contribution in [0.1, 0.15) is 194 Å². The summed E-state index contributed by atoms with van der Waals surface area (Å²) in [6.07, 6.45) is 31.5. The van der Waals surface area contributed by atoms with Gasteiger partial charge in [-0.15, -0.1) is 0 Å². The van der Waals surface area contributed by atoms with Gasteiger partial charge in [-0.25, -0.2) is 4.57 Å². The third-order valence-corrected chi connectivity index (χ3v) is 10.1. The monoisotopic (exact) mass is 735 g/mol. The maximum absolute atomic E-state index is 12.6. The first-order chi connectivity index (χ1) is 24.0. The van der Waals surface area contributed by atoms with Crippen LogP contribution in [0.25, 0.3) is 0 Å². The van der Waals surface area contributed by atoms with E-state index in [9.17, 15) is 19.0 Å². The van der Waals surface area contributed by atoms with Crippen LogP contribution in [0.5, 0.6) is 0 Å². The van der Waals surface area contributed by atoms with Gasteiger partial charge in [0.1, 0.15) is 19.8 Å². The summed E-state index contributed by atoms with van der Waals surface area (Å²) in [4.78, 5) is 35.2. The highest BCUT2D eigenvalue weighted by Crippen LogP contribution is 2.43. The van der Waals surface area contributed by atoms with Crippen molar-refractivity contribution < 1.29 is 42.1 Å². The summed E-state index contributed by atoms with van der Waals surface area (Å²) in [7, 11) is 1.49. The number of unbranched alkanes of at least 4 members (excludes halogenated alkanes) is 24. The third kappa shape index (κ3) is 36.8. The zero-order valence-electron chi connectivity index (χ0n) is 33.4. The average Bonchev–Trinajstić information content (AvgIpc) is 3.06. The Kier molecular flexibility index (Phi) is 33.2. The maximum atomic E-state index is 12.6. The minimum absolute atomic E-state index is 0.0364. The van der Waals surface area contributed by atoms with Crippen molar-refractivity contribution in [3.8, 4) is 0 Å². The molecule has 0 rings (SSSR count). The summed E-state index contributed by atoms with van der Waals surface area (Å²) in [5, 5.41) is 0. The summed E-state index contributed by atoms with van der Waals surface area (Å²) in [5.41, 5.74) is 0. The Morgan fingerprint density at radius 1 is 0.540 bits per heavy atom. The van der Waals surface area contributed by atoms with E-state index in [4.69, 9.17) is 18.5 Å². The third-order valence-electron chi connectivity index (χ3n) is 9.14. The number of quaternary nitrogens is 1. The number of phosphoric ester groups is 1. The first-order valence-corrected chi connectivity index (χ1v) is 22.3. The normalized spacial score (nSPS) is 13.6. The van der Waals surface area contributed by atoms with Gasteiger partial charge in [0.15, 0.2) is 6.10 Å². The lowest BCUT2D eigenvalue weighted by molar-refractivity contribution is -0.870. The summed E-state index contributed by atoms with van der Waals surface area (Å²) in [5.74, 6) is -0.790. The molecule has 50 heavy (non-hydrogen) atoms. The molecule has 0 heterocycles. The molecule has 0 aliphatic rings. The lowest BCUT2D eigenvalue weighted by Gasteiger charge is -2.24. The van der Waals surface area contributed by atoms with Crippen LogP contribution in [-0.2, 0) is 32.7 Å². The number of hydrogen-bond donors (Lipinski definition) is 1. The van der Waals surface area contributed by atoms with Crippen LogP contribution in [0.4, 0.5) is 0 Å². The predicted molar refractivity (Wildman–Crippen MR) is 206 cm³/mol. The van der Waals surface area contributed by atoms with Crippen molar-refractivity contribution in [1.82, 2.24) is 0 Å². The number of likely N-dealkylation sites (N-methyl/N-ethyl adjacent to an activating group) is 1. The Bertz CT molecular complexity index is 835. The Balaban J connectivity index is 4.27. The van der Waals surface area contributed by atoms with Crippen molar-refractivity contribution in [2.75, 3.05) is 47.5 Å². The molecular formula is C40H81NO8P+. The molecule has 0 aliphatic carbocycles. The second-order valence-electron chi connectivity index (χ2n) is 15.4. The second kappa shape index (κ2) is 33.8. The predicted octanol–water partition coefficient (Wildman–Crippen LogP) is 11.2. The molecule has 0 fully saturated rings. The Hall–Kier alpha value is -0.990. The quantitative estimate of drug-likeness (QED) is 0.0289. The van der Waals surface area contributed by atoms with E-state index < -0.39 is 26.5 Å². The Labute approximate surface area is 308 Å². The molecular weight excluding hydrogens is 653 g/mol. The fraction of sp³-hybridized carbons (Fsp3) is 0.950. The summed E-state index contributed by atoms with van der Waals surface area (Å²) < 4.78 is 34.2. The van der Waals surface area contributed by atoms with E-state index in [2.05, 4.69) is 13.8 Å². The van der Waals surface area contributed by atoms with Crippen LogP contribution in [-0.4, -0.2) is 74.9 Å². The van der Waals surface area contributed by atoms with Crippen molar-refractivity contribution >= 4 is 19.8 Å². The van der Waals surface area contributed by atoms with Gasteiger partial charge in [-0.05, 0) is 12.8 Å². The smallest absolute Gasteiger partial charge is 0.462 e. The van der Waals surface area contributed by atoms with E-state index >= 15 is 0 Å². The minimum Gasteiger partial charge on any atom is -0.462 e. The van der Waals surface area contributed by atoms with E-state index in [1.165, 1.54) is 128 Å². The van der Waals surface area contributed by atoms with Gasteiger partial charge in [-0.1, -0.05) is 168 Å². The van der Waals surface area contributed by atoms with Gasteiger partial charge in [-0.3, -0.25) is 18.6 Å². The van der Waals surface area contributed by atoms with Crippen LogP contribution in [0.15, 0.2) is 0 Å². The molecule has 0 aliphatic heterocycles. The summed E-state index contributed by atoms with van der Waals surface area (Å²) >= 11 is 0. The molecule has 10 heteroatoms. The Morgan fingerprint density at radius 3 is 1.28 bits per heavy atom. The van der Waals surface area contributed by atoms with Crippen LogP contribution < -0.4 is 0 Å². The van der Waals surface area contributed by atoms with Gasteiger partial charge in [0.05, 0.1) is 27.7 Å². The Morgan fingerprint density at radius 2 is 0.900 bits per heavy atom. The molecule has 1 unspecified atom stereocenters. The molecule has 298 valence electrons. The van der Waals surface area contributed by atoms with E-state index in [1.54, 1.807) is 0 Å². The van der Waals surface area contributed by atoms with Gasteiger partial charge in [0.2, 0.25) is 0 Å². The van der Waals surface area contributed by atoms with Gasteiger partial charge in [0, 0.05) is 12.8 Å². The molecule has 0 spiro atoms. The molecule has 0 aromatic rings. The largest absolute Gasteiger partial charge is 0.472 e. The number of ether oxygens (including phenoxy) is 2. The highest BCUT2D eigenvalue weighted by molar-refractivity contribution is 7.47. The molecule has 9 nitrogen and oxygen atoms in total. The van der Waals surface area contributed by atoms with Gasteiger partial charge in [0.25, 0.3) is 0 Å². The van der Waals surface area contributed by atoms with Crippen molar-refractivity contribution in [2.24, 2.45) is 0 Å². The second-order valence-corrected chi connectivity index (χ2v) is 16.8. The van der Waals surface area contributed by atoms with Crippen LogP contribution in [0, 0.1) is 0 Å². The highest BCUT2D eigenvalue weighted by Gasteiger charge is 2.27. The molecule has 1 N–H and O–H groups in total. The first kappa shape index (κ1) is 49.0. The molecule has 0 radical (unpaired) electrons. The van der Waals surface area contributed by atoms with E-state index in [0.29, 0.717) is 23.9 Å². The van der Waals surface area contributed by atoms with E-state index in [1.807, 2.05) is 21.1 Å². The fourth-order valence-corrected chi connectivity index (χ4v) is 6.58. The zero-order chi connectivity index (χ0) is 37.2. The summed E-state index contributed by atoms with van der Waals surface area (Å²) in [6.45, 7) is 4.42. The molecule has 0 aromatic heterocycles. The maximum Gasteiger partial charge on any atom is 0.472 e. The topological polar surface area (TPSA) is 108 Å². The average molecular weight is 735 g/mol. The van der Waals surface area contributed by atoms with E-state index in [0.717, 1.165) is 32.1 Å². The number of nitrogens with zero attached hydrogens (tertiary/aromatic N) is 1. The molecule has 0 saturated carbocycles. The van der Waals surface area contributed by atoms with Gasteiger partial charge < -0.3 is 18.9 Å². The van der Waals surface area contributed by atoms with Crippen LogP contribution in [0.3, 0.4) is 0 Å². The first-order valence-electron chi connectivity index (χ1n) is 20.8. The fourth-order valence-electron chi connectivity index (χ4n) is 5.84. The minimum atomic E-state index is -4.36. The number of hydrogen-bond acceptors (Lipinski definition) is 7. The lowest BCUT2D eigenvalue weighted by atomic mass is 10.0. The zero-order valence-corrected chi connectivity index (χ0v) is 34.3. The van der Waals surface area contributed by atoms with Gasteiger partial charge in [-0.2, -0.15) is 0 Å². The highest BCUT2D eigenvalue weighted by atomic mass is 31.2. The van der Waals surface area contributed by atoms with Crippen LogP contribution in [0.2, 0.25) is 0 Å². The number of esters is 2. The van der Waals surface area contributed by atoms with Crippen molar-refractivity contribution in [1.29, 1.82) is 0 Å². The standard InChI is InChI=1S/C40H80NO8P/c1-6-8-10-12-14-16-17-18-19-20-21-22-23-25-26-28-30-32-39(42)46-36-38(37-48-50(44,45)47-35-34-41(3,4)5)49-40(43)33-31-29-27-24-15-13-11-9-7-2/h38H,6-37H2,1-5H3/p+1/t38-/m1/s1. The number of carbonyl (C=O) groups is 2. The van der Waals surface area contributed by atoms with Crippen molar-refractivity contribution in [3.63, 3.8) is 0 Å². The summed E-state index contributed by atoms with van der Waals surface area (Å²) in [6, 6.07) is 0. The van der Waals surface area contributed by atoms with Crippen LogP contribution >= 0.6 is 7.82 Å². The number of carbonyl (C=O) groups excluding carboxylic acids is 2. The number of rotatable bonds is 38. The van der Waals surface area contributed by atoms with E-state index in [-0.39, 0.29) is 25.6 Å². The molecule has 0 saturated heterocycles. The number of phosphoric acid groups is 1. The van der Waals surface area contributed by atoms with Gasteiger partial charge >= 0.3 is 19.8 Å².